The molecule has 0 saturated heterocycles. The van der Waals surface area contributed by atoms with Gasteiger partial charge >= 0.3 is 6.18 Å². The fourth-order valence-electron chi connectivity index (χ4n) is 3.70. The van der Waals surface area contributed by atoms with Crippen molar-refractivity contribution in [1.82, 2.24) is 9.97 Å². The third-order valence-electron chi connectivity index (χ3n) is 5.31. The van der Waals surface area contributed by atoms with Gasteiger partial charge in [-0.2, -0.15) is 18.2 Å². The van der Waals surface area contributed by atoms with Gasteiger partial charge in [-0.3, -0.25) is 9.59 Å². The van der Waals surface area contributed by atoms with Crippen LogP contribution in [0.5, 0.6) is 0 Å². The topological polar surface area (TPSA) is 122 Å². The highest BCUT2D eigenvalue weighted by Crippen LogP contribution is 2.37. The van der Waals surface area contributed by atoms with Crippen LogP contribution < -0.4 is 21.7 Å². The van der Waals surface area contributed by atoms with Crippen molar-refractivity contribution < 1.29 is 27.2 Å². The van der Waals surface area contributed by atoms with Crippen LogP contribution in [0.4, 0.5) is 40.7 Å². The second-order valence-corrected chi connectivity index (χ2v) is 7.86. The molecule has 2 atom stereocenters. The van der Waals surface area contributed by atoms with E-state index in [1.165, 1.54) is 18.2 Å². The number of allylic oxidation sites excluding steroid dienone is 1. The van der Waals surface area contributed by atoms with Gasteiger partial charge in [0.25, 0.3) is 0 Å². The molecule has 34 heavy (non-hydrogen) atoms. The van der Waals surface area contributed by atoms with Gasteiger partial charge in [0.15, 0.2) is 0 Å². The number of nitrogens with zero attached hydrogens (tertiary/aromatic N) is 2. The summed E-state index contributed by atoms with van der Waals surface area (Å²) >= 11 is 0. The minimum atomic E-state index is -4.78. The molecule has 5 N–H and O–H groups in total. The molecular formula is C22H24F4N6O2. The lowest BCUT2D eigenvalue weighted by molar-refractivity contribution is -0.137. The second-order valence-electron chi connectivity index (χ2n) is 7.86. The van der Waals surface area contributed by atoms with E-state index in [0.717, 1.165) is 18.6 Å². The summed E-state index contributed by atoms with van der Waals surface area (Å²) in [6.45, 7) is 1.60. The summed E-state index contributed by atoms with van der Waals surface area (Å²) in [6.07, 6.45) is 0.969. The Kier molecular flexibility index (Phi) is 7.69. The van der Waals surface area contributed by atoms with Crippen LogP contribution in [0.1, 0.15) is 38.2 Å². The number of amides is 2. The first-order valence-electron chi connectivity index (χ1n) is 10.6. The number of anilines is 4. The van der Waals surface area contributed by atoms with Crippen molar-refractivity contribution in [3.63, 3.8) is 0 Å². The third kappa shape index (κ3) is 6.42. The largest absolute Gasteiger partial charge is 0.421 e. The number of carbonyl (C=O) groups is 2. The van der Waals surface area contributed by atoms with E-state index in [0.29, 0.717) is 25.5 Å². The monoisotopic (exact) mass is 480 g/mol. The molecule has 1 aliphatic rings. The average molecular weight is 480 g/mol. The zero-order valence-electron chi connectivity index (χ0n) is 18.2. The Morgan fingerprint density at radius 3 is 2.65 bits per heavy atom. The first-order valence-corrected chi connectivity index (χ1v) is 10.6. The number of rotatable bonds is 7. The zero-order chi connectivity index (χ0) is 24.9. The highest BCUT2D eigenvalue weighted by Gasteiger charge is 2.36. The van der Waals surface area contributed by atoms with Crippen molar-refractivity contribution in [3.8, 4) is 0 Å². The maximum Gasteiger partial charge on any atom is 0.421 e. The van der Waals surface area contributed by atoms with Gasteiger partial charge in [-0.25, -0.2) is 9.37 Å². The quantitative estimate of drug-likeness (QED) is 0.345. The van der Waals surface area contributed by atoms with Gasteiger partial charge in [0.1, 0.15) is 17.2 Å². The Morgan fingerprint density at radius 1 is 1.21 bits per heavy atom. The molecule has 0 radical (unpaired) electrons. The van der Waals surface area contributed by atoms with Crippen molar-refractivity contribution in [3.05, 3.63) is 47.9 Å². The van der Waals surface area contributed by atoms with Crippen LogP contribution in [0, 0.1) is 11.7 Å². The summed E-state index contributed by atoms with van der Waals surface area (Å²) in [6, 6.07) is 2.96. The molecule has 1 fully saturated rings. The van der Waals surface area contributed by atoms with Gasteiger partial charge in [-0.1, -0.05) is 12.5 Å². The van der Waals surface area contributed by atoms with Crippen LogP contribution in [-0.4, -0.2) is 27.8 Å². The summed E-state index contributed by atoms with van der Waals surface area (Å²) in [5.74, 6) is -2.69. The van der Waals surface area contributed by atoms with Gasteiger partial charge in [-0.05, 0) is 50.5 Å². The summed E-state index contributed by atoms with van der Waals surface area (Å²) in [4.78, 5) is 31.2. The van der Waals surface area contributed by atoms with E-state index in [2.05, 4.69) is 25.9 Å². The SMILES string of the molecule is C/C=C/C(=O)Nc1cc(F)ccc1Nc1nc(N[C@@H]2CCC[C@H](C(N)=O)C2)ncc1C(F)(F)F. The number of hydrogen-bond donors (Lipinski definition) is 4. The molecule has 0 spiro atoms. The zero-order valence-corrected chi connectivity index (χ0v) is 18.2. The number of benzene rings is 1. The Morgan fingerprint density at radius 2 is 1.97 bits per heavy atom. The summed E-state index contributed by atoms with van der Waals surface area (Å²) in [5, 5.41) is 7.92. The average Bonchev–Trinajstić information content (AvgIpc) is 2.75. The number of halogens is 4. The van der Waals surface area contributed by atoms with Gasteiger partial charge in [0.2, 0.25) is 17.8 Å². The van der Waals surface area contributed by atoms with E-state index < -0.39 is 35.2 Å². The molecule has 1 saturated carbocycles. The van der Waals surface area contributed by atoms with Gasteiger partial charge in [-0.15, -0.1) is 0 Å². The molecule has 8 nitrogen and oxygen atoms in total. The minimum Gasteiger partial charge on any atom is -0.369 e. The fourth-order valence-corrected chi connectivity index (χ4v) is 3.70. The Labute approximate surface area is 193 Å². The van der Waals surface area contributed by atoms with E-state index in [4.69, 9.17) is 5.73 Å². The number of alkyl halides is 3. The molecule has 182 valence electrons. The van der Waals surface area contributed by atoms with Crippen LogP contribution in [-0.2, 0) is 15.8 Å². The molecular weight excluding hydrogens is 456 g/mol. The van der Waals surface area contributed by atoms with Gasteiger partial charge < -0.3 is 21.7 Å². The van der Waals surface area contributed by atoms with Gasteiger partial charge in [0, 0.05) is 18.2 Å². The molecule has 1 aliphatic carbocycles. The van der Waals surface area contributed by atoms with E-state index in [1.807, 2.05) is 0 Å². The molecule has 0 bridgehead atoms. The van der Waals surface area contributed by atoms with Gasteiger partial charge in [0.05, 0.1) is 11.4 Å². The number of nitrogens with one attached hydrogen (secondary N) is 3. The van der Waals surface area contributed by atoms with E-state index >= 15 is 0 Å². The number of aromatic nitrogens is 2. The van der Waals surface area contributed by atoms with Crippen molar-refractivity contribution in [2.24, 2.45) is 11.7 Å². The smallest absolute Gasteiger partial charge is 0.369 e. The van der Waals surface area contributed by atoms with Crippen LogP contribution in [0.15, 0.2) is 36.5 Å². The molecule has 2 aromatic rings. The Hall–Kier alpha value is -3.70. The molecule has 1 aromatic heterocycles. The summed E-state index contributed by atoms with van der Waals surface area (Å²) in [7, 11) is 0. The molecule has 12 heteroatoms. The third-order valence-corrected chi connectivity index (χ3v) is 5.31. The molecule has 2 amide bonds. The Balaban J connectivity index is 1.91. The number of primary amides is 1. The summed E-state index contributed by atoms with van der Waals surface area (Å²) in [5.41, 5.74) is 4.17. The molecule has 3 rings (SSSR count). The highest BCUT2D eigenvalue weighted by molar-refractivity contribution is 6.01. The van der Waals surface area contributed by atoms with Crippen molar-refractivity contribution in [1.29, 1.82) is 0 Å². The predicted octanol–water partition coefficient (Wildman–Crippen LogP) is 4.35. The lowest BCUT2D eigenvalue weighted by Gasteiger charge is -2.28. The number of carbonyl (C=O) groups excluding carboxylic acids is 2. The molecule has 0 aliphatic heterocycles. The van der Waals surface area contributed by atoms with E-state index in [9.17, 15) is 27.2 Å². The lowest BCUT2D eigenvalue weighted by atomic mass is 9.85. The highest BCUT2D eigenvalue weighted by atomic mass is 19.4. The first-order chi connectivity index (χ1) is 16.1. The maximum atomic E-state index is 13.8. The first kappa shape index (κ1) is 24.9. The minimum absolute atomic E-state index is 0.000798. The summed E-state index contributed by atoms with van der Waals surface area (Å²) < 4.78 is 54.6. The van der Waals surface area contributed by atoms with Crippen molar-refractivity contribution in [2.75, 3.05) is 16.0 Å². The van der Waals surface area contributed by atoms with Crippen LogP contribution in [0.25, 0.3) is 0 Å². The predicted molar refractivity (Wildman–Crippen MR) is 119 cm³/mol. The number of nitrogens with two attached hydrogens (primary N) is 1. The van der Waals surface area contributed by atoms with Crippen LogP contribution >= 0.6 is 0 Å². The lowest BCUT2D eigenvalue weighted by Crippen LogP contribution is -2.34. The normalized spacial score (nSPS) is 18.5. The molecule has 1 aromatic carbocycles. The molecule has 0 unspecified atom stereocenters. The Bertz CT molecular complexity index is 1090. The van der Waals surface area contributed by atoms with Crippen LogP contribution in [0.3, 0.4) is 0 Å². The maximum absolute atomic E-state index is 13.8. The standard InChI is InChI=1S/C22H24F4N6O2/c1-2-4-18(33)30-17-10-13(23)7-8-16(17)31-20-15(22(24,25)26)11-28-21(32-20)29-14-6-3-5-12(9-14)19(27)34/h2,4,7-8,10-12,14H,3,5-6,9H2,1H3,(H2,27,34)(H,30,33)(H2,28,29,31,32)/b4-2+/t12-,14+/m0/s1. The van der Waals surface area contributed by atoms with Crippen molar-refractivity contribution in [2.45, 2.75) is 44.8 Å². The number of hydrogen-bond acceptors (Lipinski definition) is 6. The van der Waals surface area contributed by atoms with E-state index in [-0.39, 0.29) is 29.3 Å². The van der Waals surface area contributed by atoms with Crippen LogP contribution in [0.2, 0.25) is 0 Å². The fraction of sp³-hybridized carbons (Fsp3) is 0.364. The second kappa shape index (κ2) is 10.5. The van der Waals surface area contributed by atoms with Crippen molar-refractivity contribution >= 4 is 35.0 Å². The molecule has 1 heterocycles. The van der Waals surface area contributed by atoms with E-state index in [1.54, 1.807) is 6.92 Å².